The van der Waals surface area contributed by atoms with Gasteiger partial charge < -0.3 is 5.32 Å². The Labute approximate surface area is 144 Å². The second kappa shape index (κ2) is 5.85. The van der Waals surface area contributed by atoms with Gasteiger partial charge in [-0.1, -0.05) is 29.8 Å². The molecule has 4 nitrogen and oxygen atoms in total. The SMILES string of the molecule is CC(=O)Nc1c(-c2ccc(C)cc2)nc2c(Br)cc(Br)cn12. The van der Waals surface area contributed by atoms with Gasteiger partial charge in [0.1, 0.15) is 11.5 Å². The van der Waals surface area contributed by atoms with Crippen LogP contribution >= 0.6 is 31.9 Å². The van der Waals surface area contributed by atoms with Crippen LogP contribution in [0.1, 0.15) is 12.5 Å². The Bertz CT molecular complexity index is 869. The summed E-state index contributed by atoms with van der Waals surface area (Å²) in [6.45, 7) is 3.53. The van der Waals surface area contributed by atoms with Gasteiger partial charge in [0.05, 0.1) is 4.47 Å². The quantitative estimate of drug-likeness (QED) is 0.645. The number of aryl methyl sites for hydroxylation is 1. The van der Waals surface area contributed by atoms with Crippen LogP contribution in [0.25, 0.3) is 16.9 Å². The number of imidazole rings is 1. The standard InChI is InChI=1S/C16H13Br2N3O/c1-9-3-5-11(6-4-9)14-16(19-10(2)22)21-8-12(17)7-13(18)15(21)20-14/h3-8H,1-2H3,(H,19,22). The van der Waals surface area contributed by atoms with E-state index in [4.69, 9.17) is 0 Å². The maximum Gasteiger partial charge on any atom is 0.222 e. The molecule has 0 aliphatic heterocycles. The zero-order chi connectivity index (χ0) is 15.9. The van der Waals surface area contributed by atoms with Gasteiger partial charge in [-0.15, -0.1) is 0 Å². The van der Waals surface area contributed by atoms with Gasteiger partial charge in [0.2, 0.25) is 5.91 Å². The largest absolute Gasteiger partial charge is 0.310 e. The minimum atomic E-state index is -0.133. The number of hydrogen-bond donors (Lipinski definition) is 1. The summed E-state index contributed by atoms with van der Waals surface area (Å²) in [6.07, 6.45) is 1.88. The first-order chi connectivity index (χ1) is 10.5. The van der Waals surface area contributed by atoms with Crippen molar-refractivity contribution in [3.63, 3.8) is 0 Å². The summed E-state index contributed by atoms with van der Waals surface area (Å²) in [4.78, 5) is 16.3. The number of rotatable bonds is 2. The summed E-state index contributed by atoms with van der Waals surface area (Å²) in [5.41, 5.74) is 3.63. The molecule has 2 aromatic heterocycles. The Balaban J connectivity index is 2.30. The third-order valence-electron chi connectivity index (χ3n) is 3.26. The Kier molecular flexibility index (Phi) is 4.06. The number of fused-ring (bicyclic) bond motifs is 1. The number of halogens is 2. The molecule has 0 aliphatic rings. The van der Waals surface area contributed by atoms with Crippen molar-refractivity contribution in [1.82, 2.24) is 9.38 Å². The number of carbonyl (C=O) groups is 1. The highest BCUT2D eigenvalue weighted by Gasteiger charge is 2.17. The lowest BCUT2D eigenvalue weighted by Crippen LogP contribution is -2.09. The minimum absolute atomic E-state index is 0.133. The van der Waals surface area contributed by atoms with E-state index in [-0.39, 0.29) is 5.91 Å². The molecule has 0 atom stereocenters. The van der Waals surface area contributed by atoms with Crippen molar-refractivity contribution in [2.75, 3.05) is 5.32 Å². The van der Waals surface area contributed by atoms with Crippen LogP contribution in [0, 0.1) is 6.92 Å². The van der Waals surface area contributed by atoms with Gasteiger partial charge in [-0.2, -0.15) is 0 Å². The molecule has 0 bridgehead atoms. The van der Waals surface area contributed by atoms with E-state index in [0.717, 1.165) is 25.8 Å². The van der Waals surface area contributed by atoms with Crippen LogP contribution in [0.15, 0.2) is 45.5 Å². The molecular weight excluding hydrogens is 410 g/mol. The van der Waals surface area contributed by atoms with E-state index < -0.39 is 0 Å². The zero-order valence-corrected chi connectivity index (χ0v) is 15.2. The van der Waals surface area contributed by atoms with E-state index in [2.05, 4.69) is 42.2 Å². The fraction of sp³-hybridized carbons (Fsp3) is 0.125. The Hall–Kier alpha value is -1.66. The average molecular weight is 423 g/mol. The topological polar surface area (TPSA) is 46.4 Å². The number of nitrogens with zero attached hydrogens (tertiary/aromatic N) is 2. The minimum Gasteiger partial charge on any atom is -0.310 e. The third-order valence-corrected chi connectivity index (χ3v) is 4.28. The lowest BCUT2D eigenvalue weighted by Gasteiger charge is -2.06. The summed E-state index contributed by atoms with van der Waals surface area (Å²) in [5, 5.41) is 2.88. The molecule has 0 aliphatic carbocycles. The summed E-state index contributed by atoms with van der Waals surface area (Å²) >= 11 is 6.99. The third kappa shape index (κ3) is 2.80. The van der Waals surface area contributed by atoms with Crippen LogP contribution in [0.4, 0.5) is 5.82 Å². The molecule has 0 fully saturated rings. The van der Waals surface area contributed by atoms with Crippen LogP contribution in [0.2, 0.25) is 0 Å². The number of benzene rings is 1. The van der Waals surface area contributed by atoms with Gasteiger partial charge in [-0.25, -0.2) is 4.98 Å². The highest BCUT2D eigenvalue weighted by molar-refractivity contribution is 9.11. The van der Waals surface area contributed by atoms with E-state index in [1.807, 2.05) is 47.9 Å². The predicted molar refractivity (Wildman–Crippen MR) is 95.1 cm³/mol. The number of anilines is 1. The monoisotopic (exact) mass is 421 g/mol. The van der Waals surface area contributed by atoms with E-state index in [1.165, 1.54) is 12.5 Å². The molecule has 1 amide bonds. The van der Waals surface area contributed by atoms with Gasteiger partial charge in [0.25, 0.3) is 0 Å². The molecule has 0 saturated heterocycles. The van der Waals surface area contributed by atoms with E-state index in [9.17, 15) is 4.79 Å². The Morgan fingerprint density at radius 1 is 1.23 bits per heavy atom. The van der Waals surface area contributed by atoms with Crippen LogP contribution in [0.5, 0.6) is 0 Å². The highest BCUT2D eigenvalue weighted by Crippen LogP contribution is 2.33. The molecule has 0 spiro atoms. The van der Waals surface area contributed by atoms with E-state index in [0.29, 0.717) is 5.82 Å². The Morgan fingerprint density at radius 2 is 1.91 bits per heavy atom. The molecule has 6 heteroatoms. The van der Waals surface area contributed by atoms with Crippen molar-refractivity contribution in [3.8, 4) is 11.3 Å². The molecule has 1 aromatic carbocycles. The number of amides is 1. The number of pyridine rings is 1. The van der Waals surface area contributed by atoms with Crippen molar-refractivity contribution in [2.45, 2.75) is 13.8 Å². The van der Waals surface area contributed by atoms with Crippen LogP contribution < -0.4 is 5.32 Å². The fourth-order valence-corrected chi connectivity index (χ4v) is 3.54. The molecule has 0 radical (unpaired) electrons. The number of hydrogen-bond acceptors (Lipinski definition) is 2. The van der Waals surface area contributed by atoms with Crippen LogP contribution in [-0.4, -0.2) is 15.3 Å². The van der Waals surface area contributed by atoms with Crippen LogP contribution in [0.3, 0.4) is 0 Å². The predicted octanol–water partition coefficient (Wildman–Crippen LogP) is 4.79. The maximum atomic E-state index is 11.6. The number of carbonyl (C=O) groups excluding carboxylic acids is 1. The van der Waals surface area contributed by atoms with Gasteiger partial charge >= 0.3 is 0 Å². The Morgan fingerprint density at radius 3 is 2.55 bits per heavy atom. The van der Waals surface area contributed by atoms with Crippen molar-refractivity contribution in [1.29, 1.82) is 0 Å². The molecule has 2 heterocycles. The molecule has 3 aromatic rings. The van der Waals surface area contributed by atoms with Crippen molar-refractivity contribution >= 4 is 49.2 Å². The fourth-order valence-electron chi connectivity index (χ4n) is 2.27. The van der Waals surface area contributed by atoms with Gasteiger partial charge in [0.15, 0.2) is 5.65 Å². The van der Waals surface area contributed by atoms with Crippen molar-refractivity contribution in [3.05, 3.63) is 51.0 Å². The first-order valence-corrected chi connectivity index (χ1v) is 8.26. The van der Waals surface area contributed by atoms with Gasteiger partial charge in [0, 0.05) is 23.2 Å². The number of aromatic nitrogens is 2. The molecular formula is C16H13Br2N3O. The van der Waals surface area contributed by atoms with E-state index in [1.54, 1.807) is 0 Å². The second-order valence-electron chi connectivity index (χ2n) is 5.06. The van der Waals surface area contributed by atoms with Gasteiger partial charge in [-0.3, -0.25) is 9.20 Å². The van der Waals surface area contributed by atoms with Crippen LogP contribution in [-0.2, 0) is 4.79 Å². The first-order valence-electron chi connectivity index (χ1n) is 6.67. The average Bonchev–Trinajstić information content (AvgIpc) is 2.78. The summed E-state index contributed by atoms with van der Waals surface area (Å²) < 4.78 is 3.61. The molecule has 22 heavy (non-hydrogen) atoms. The number of nitrogens with one attached hydrogen (secondary N) is 1. The normalized spacial score (nSPS) is 10.9. The van der Waals surface area contributed by atoms with Gasteiger partial charge in [-0.05, 0) is 44.8 Å². The molecule has 0 unspecified atom stereocenters. The summed E-state index contributed by atoms with van der Waals surface area (Å²) in [6, 6.07) is 10.00. The van der Waals surface area contributed by atoms with Crippen molar-refractivity contribution < 1.29 is 4.79 Å². The lowest BCUT2D eigenvalue weighted by atomic mass is 10.1. The summed E-state index contributed by atoms with van der Waals surface area (Å²) in [5.74, 6) is 0.527. The second-order valence-corrected chi connectivity index (χ2v) is 6.83. The smallest absolute Gasteiger partial charge is 0.222 e. The summed E-state index contributed by atoms with van der Waals surface area (Å²) in [7, 11) is 0. The molecule has 0 saturated carbocycles. The molecule has 1 N–H and O–H groups in total. The maximum absolute atomic E-state index is 11.6. The highest BCUT2D eigenvalue weighted by atomic mass is 79.9. The molecule has 112 valence electrons. The zero-order valence-electron chi connectivity index (χ0n) is 12.0. The lowest BCUT2D eigenvalue weighted by molar-refractivity contribution is -0.114. The first kappa shape index (κ1) is 15.2. The molecule has 3 rings (SSSR count). The van der Waals surface area contributed by atoms with Crippen molar-refractivity contribution in [2.24, 2.45) is 0 Å². The van der Waals surface area contributed by atoms with E-state index >= 15 is 0 Å².